The molecule has 0 aromatic heterocycles. The number of halogens is 1. The summed E-state index contributed by atoms with van der Waals surface area (Å²) in [5.74, 6) is -0.808. The highest BCUT2D eigenvalue weighted by molar-refractivity contribution is 5.97. The van der Waals surface area contributed by atoms with Crippen molar-refractivity contribution >= 4 is 11.6 Å². The molecule has 8 heteroatoms. The van der Waals surface area contributed by atoms with Gasteiger partial charge in [-0.3, -0.25) is 14.9 Å². The number of nitro groups is 1. The van der Waals surface area contributed by atoms with Crippen LogP contribution in [0, 0.1) is 15.9 Å². The predicted octanol–water partition coefficient (Wildman–Crippen LogP) is 3.24. The lowest BCUT2D eigenvalue weighted by atomic mass is 10.1. The summed E-state index contributed by atoms with van der Waals surface area (Å²) in [5.41, 5.74) is 0.322. The van der Waals surface area contributed by atoms with E-state index in [1.165, 1.54) is 38.5 Å². The van der Waals surface area contributed by atoms with Gasteiger partial charge in [0.1, 0.15) is 5.75 Å². The van der Waals surface area contributed by atoms with Gasteiger partial charge in [-0.05, 0) is 30.7 Å². The molecule has 25 heavy (non-hydrogen) atoms. The van der Waals surface area contributed by atoms with E-state index in [2.05, 4.69) is 5.32 Å². The molecule has 0 bridgehead atoms. The molecule has 0 fully saturated rings. The molecule has 1 atom stereocenters. The van der Waals surface area contributed by atoms with Crippen LogP contribution in [0.1, 0.15) is 28.9 Å². The van der Waals surface area contributed by atoms with E-state index in [4.69, 9.17) is 9.47 Å². The molecule has 2 aromatic carbocycles. The van der Waals surface area contributed by atoms with Crippen molar-refractivity contribution in [3.8, 4) is 11.5 Å². The van der Waals surface area contributed by atoms with Gasteiger partial charge in [0.15, 0.2) is 11.6 Å². The summed E-state index contributed by atoms with van der Waals surface area (Å²) in [4.78, 5) is 22.8. The van der Waals surface area contributed by atoms with E-state index in [1.54, 1.807) is 13.0 Å². The number of amides is 1. The maximum atomic E-state index is 13.8. The smallest absolute Gasteiger partial charge is 0.270 e. The molecular weight excluding hydrogens is 331 g/mol. The molecule has 0 saturated carbocycles. The number of nitrogens with zero attached hydrogens (tertiary/aromatic N) is 1. The summed E-state index contributed by atoms with van der Waals surface area (Å²) in [6.45, 7) is 1.67. The lowest BCUT2D eigenvalue weighted by Crippen LogP contribution is -2.27. The molecule has 1 N–H and O–H groups in total. The Balaban J connectivity index is 2.25. The zero-order chi connectivity index (χ0) is 18.6. The minimum atomic E-state index is -0.599. The number of non-ortho nitro benzene ring substituents is 1. The second-order valence-corrected chi connectivity index (χ2v) is 5.23. The first-order valence-electron chi connectivity index (χ1n) is 7.34. The number of ether oxygens (including phenoxy) is 2. The highest BCUT2D eigenvalue weighted by atomic mass is 19.1. The van der Waals surface area contributed by atoms with Gasteiger partial charge >= 0.3 is 0 Å². The molecule has 1 amide bonds. The Bertz CT molecular complexity index is 810. The number of carbonyl (C=O) groups is 1. The third kappa shape index (κ3) is 4.03. The Morgan fingerprint density at radius 2 is 1.80 bits per heavy atom. The number of carbonyl (C=O) groups excluding carboxylic acids is 1. The highest BCUT2D eigenvalue weighted by Crippen LogP contribution is 2.26. The number of methoxy groups -OCH3 is 2. The van der Waals surface area contributed by atoms with E-state index in [-0.39, 0.29) is 22.7 Å². The van der Waals surface area contributed by atoms with E-state index in [1.807, 2.05) is 0 Å². The average molecular weight is 348 g/mol. The summed E-state index contributed by atoms with van der Waals surface area (Å²) in [6, 6.07) is 7.54. The molecule has 0 spiro atoms. The van der Waals surface area contributed by atoms with Crippen molar-refractivity contribution in [2.24, 2.45) is 0 Å². The minimum absolute atomic E-state index is 0.0255. The van der Waals surface area contributed by atoms with Crippen molar-refractivity contribution in [3.05, 3.63) is 63.5 Å². The fraction of sp³-hybridized carbons (Fsp3) is 0.235. The first kappa shape index (κ1) is 18.2. The first-order valence-corrected chi connectivity index (χ1v) is 7.34. The predicted molar refractivity (Wildman–Crippen MR) is 88.5 cm³/mol. The van der Waals surface area contributed by atoms with Crippen molar-refractivity contribution in [2.45, 2.75) is 13.0 Å². The van der Waals surface area contributed by atoms with Crippen LogP contribution in [-0.2, 0) is 0 Å². The third-order valence-corrected chi connectivity index (χ3v) is 3.66. The van der Waals surface area contributed by atoms with Crippen LogP contribution >= 0.6 is 0 Å². The SMILES string of the molecule is COc1ccc(C(C)NC(=O)c2cc([N+](=O)[O-])ccc2OC)cc1F. The third-order valence-electron chi connectivity index (χ3n) is 3.66. The van der Waals surface area contributed by atoms with Crippen molar-refractivity contribution in [1.29, 1.82) is 0 Å². The largest absolute Gasteiger partial charge is 0.496 e. The van der Waals surface area contributed by atoms with Gasteiger partial charge in [0.2, 0.25) is 0 Å². The van der Waals surface area contributed by atoms with Crippen LogP contribution in [-0.4, -0.2) is 25.1 Å². The van der Waals surface area contributed by atoms with Gasteiger partial charge in [0, 0.05) is 12.1 Å². The number of rotatable bonds is 6. The molecule has 132 valence electrons. The van der Waals surface area contributed by atoms with Crippen LogP contribution in [0.2, 0.25) is 0 Å². The Morgan fingerprint density at radius 3 is 2.36 bits per heavy atom. The van der Waals surface area contributed by atoms with Crippen LogP contribution in [0.15, 0.2) is 36.4 Å². The van der Waals surface area contributed by atoms with Gasteiger partial charge in [-0.25, -0.2) is 4.39 Å². The summed E-state index contributed by atoms with van der Waals surface area (Å²) in [5, 5.41) is 13.6. The number of benzene rings is 2. The van der Waals surface area contributed by atoms with E-state index < -0.39 is 22.7 Å². The lowest BCUT2D eigenvalue weighted by molar-refractivity contribution is -0.384. The van der Waals surface area contributed by atoms with Gasteiger partial charge in [0.25, 0.3) is 11.6 Å². The first-order chi connectivity index (χ1) is 11.9. The quantitative estimate of drug-likeness (QED) is 0.639. The molecule has 0 saturated heterocycles. The molecule has 2 aromatic rings. The molecule has 2 rings (SSSR count). The Labute approximate surface area is 143 Å². The molecule has 0 heterocycles. The molecule has 0 radical (unpaired) electrons. The van der Waals surface area contributed by atoms with Crippen LogP contribution in [0.3, 0.4) is 0 Å². The maximum Gasteiger partial charge on any atom is 0.270 e. The Morgan fingerprint density at radius 1 is 1.16 bits per heavy atom. The Hall–Kier alpha value is -3.16. The van der Waals surface area contributed by atoms with Crippen molar-refractivity contribution in [1.82, 2.24) is 5.32 Å². The Kier molecular flexibility index (Phi) is 5.53. The van der Waals surface area contributed by atoms with Gasteiger partial charge in [-0.15, -0.1) is 0 Å². The zero-order valence-electron chi connectivity index (χ0n) is 13.9. The molecule has 0 aliphatic carbocycles. The second-order valence-electron chi connectivity index (χ2n) is 5.23. The van der Waals surface area contributed by atoms with Gasteiger partial charge in [-0.1, -0.05) is 6.07 Å². The summed E-state index contributed by atoms with van der Waals surface area (Å²) < 4.78 is 23.7. The van der Waals surface area contributed by atoms with E-state index in [9.17, 15) is 19.3 Å². The second kappa shape index (κ2) is 7.61. The van der Waals surface area contributed by atoms with Crippen LogP contribution < -0.4 is 14.8 Å². The summed E-state index contributed by atoms with van der Waals surface area (Å²) >= 11 is 0. The van der Waals surface area contributed by atoms with Gasteiger partial charge in [0.05, 0.1) is 30.7 Å². The average Bonchev–Trinajstić information content (AvgIpc) is 2.60. The van der Waals surface area contributed by atoms with Gasteiger partial charge in [-0.2, -0.15) is 0 Å². The number of nitro benzene ring substituents is 1. The van der Waals surface area contributed by atoms with Crippen molar-refractivity contribution < 1.29 is 23.6 Å². The van der Waals surface area contributed by atoms with E-state index in [0.29, 0.717) is 5.56 Å². The molecule has 7 nitrogen and oxygen atoms in total. The lowest BCUT2D eigenvalue weighted by Gasteiger charge is -2.16. The van der Waals surface area contributed by atoms with E-state index >= 15 is 0 Å². The zero-order valence-corrected chi connectivity index (χ0v) is 13.9. The van der Waals surface area contributed by atoms with Crippen LogP contribution in [0.25, 0.3) is 0 Å². The number of hydrogen-bond acceptors (Lipinski definition) is 5. The topological polar surface area (TPSA) is 90.7 Å². The standard InChI is InChI=1S/C17H17FN2O5/c1-10(11-4-6-16(25-3)14(18)8-11)19-17(21)13-9-12(20(22)23)5-7-15(13)24-2/h4-10H,1-3H3,(H,19,21). The highest BCUT2D eigenvalue weighted by Gasteiger charge is 2.20. The minimum Gasteiger partial charge on any atom is -0.496 e. The van der Waals surface area contributed by atoms with Crippen LogP contribution in [0.4, 0.5) is 10.1 Å². The van der Waals surface area contributed by atoms with Gasteiger partial charge < -0.3 is 14.8 Å². The normalized spacial score (nSPS) is 11.5. The number of hydrogen-bond donors (Lipinski definition) is 1. The summed E-state index contributed by atoms with van der Waals surface area (Å²) in [7, 11) is 2.72. The number of nitrogens with one attached hydrogen (secondary N) is 1. The van der Waals surface area contributed by atoms with Crippen molar-refractivity contribution in [2.75, 3.05) is 14.2 Å². The fourth-order valence-corrected chi connectivity index (χ4v) is 2.30. The maximum absolute atomic E-state index is 13.8. The monoisotopic (exact) mass is 348 g/mol. The van der Waals surface area contributed by atoms with Crippen molar-refractivity contribution in [3.63, 3.8) is 0 Å². The fourth-order valence-electron chi connectivity index (χ4n) is 2.30. The summed E-state index contributed by atoms with van der Waals surface area (Å²) in [6.07, 6.45) is 0. The molecule has 0 aliphatic rings. The molecule has 0 aliphatic heterocycles. The molecule has 1 unspecified atom stereocenters. The van der Waals surface area contributed by atoms with Crippen LogP contribution in [0.5, 0.6) is 11.5 Å². The molecular formula is C17H17FN2O5. The van der Waals surface area contributed by atoms with E-state index in [0.717, 1.165) is 6.07 Å².